The van der Waals surface area contributed by atoms with Crippen LogP contribution in [-0.2, 0) is 0 Å². The summed E-state index contributed by atoms with van der Waals surface area (Å²) in [6.45, 7) is 6.05. The Morgan fingerprint density at radius 1 is 1.32 bits per heavy atom. The van der Waals surface area contributed by atoms with Crippen LogP contribution in [0.3, 0.4) is 0 Å². The zero-order valence-corrected chi connectivity index (χ0v) is 11.7. The fraction of sp³-hybridized carbons (Fsp3) is 0.438. The quantitative estimate of drug-likeness (QED) is 0.814. The molecule has 1 aromatic rings. The Morgan fingerprint density at radius 2 is 2.00 bits per heavy atom. The summed E-state index contributed by atoms with van der Waals surface area (Å²) in [6, 6.07) is 7.30. The average Bonchev–Trinajstić information content (AvgIpc) is 2.35. The fourth-order valence-electron chi connectivity index (χ4n) is 1.99. The van der Waals surface area contributed by atoms with Gasteiger partial charge in [0.2, 0.25) is 0 Å². The number of rotatable bonds is 4. The highest BCUT2D eigenvalue weighted by molar-refractivity contribution is 5.96. The predicted octanol–water partition coefficient (Wildman–Crippen LogP) is 2.19. The van der Waals surface area contributed by atoms with Gasteiger partial charge in [-0.25, -0.2) is 0 Å². The molecule has 0 spiro atoms. The predicted molar refractivity (Wildman–Crippen MR) is 76.8 cm³/mol. The summed E-state index contributed by atoms with van der Waals surface area (Å²) in [5, 5.41) is 11.7. The summed E-state index contributed by atoms with van der Waals surface area (Å²) in [5.74, 6) is 5.79. The van der Waals surface area contributed by atoms with Gasteiger partial charge in [0.15, 0.2) is 0 Å². The molecular weight excluding hydrogens is 238 g/mol. The van der Waals surface area contributed by atoms with Crippen molar-refractivity contribution in [3.63, 3.8) is 0 Å². The van der Waals surface area contributed by atoms with Crippen LogP contribution in [-0.4, -0.2) is 23.7 Å². The van der Waals surface area contributed by atoms with Crippen LogP contribution in [0.4, 0.5) is 0 Å². The molecule has 0 radical (unpaired) electrons. The first-order chi connectivity index (χ1) is 9.04. The monoisotopic (exact) mass is 259 g/mol. The van der Waals surface area contributed by atoms with Crippen molar-refractivity contribution < 1.29 is 9.90 Å². The van der Waals surface area contributed by atoms with E-state index in [4.69, 9.17) is 5.11 Å². The van der Waals surface area contributed by atoms with Gasteiger partial charge in [0.25, 0.3) is 5.91 Å². The summed E-state index contributed by atoms with van der Waals surface area (Å²) in [6.07, 6.45) is 0.941. The molecule has 1 aromatic carbocycles. The van der Waals surface area contributed by atoms with Crippen LogP contribution < -0.4 is 5.32 Å². The number of amides is 1. The normalized spacial score (nSPS) is 11.6. The molecule has 0 saturated heterocycles. The average molecular weight is 259 g/mol. The zero-order valence-electron chi connectivity index (χ0n) is 11.7. The van der Waals surface area contributed by atoms with Crippen molar-refractivity contribution in [2.75, 3.05) is 6.61 Å². The molecule has 1 atom stereocenters. The van der Waals surface area contributed by atoms with Gasteiger partial charge in [0.1, 0.15) is 6.61 Å². The molecule has 3 heteroatoms. The fourth-order valence-corrected chi connectivity index (χ4v) is 1.99. The highest BCUT2D eigenvalue weighted by atomic mass is 16.2. The van der Waals surface area contributed by atoms with E-state index in [1.807, 2.05) is 19.1 Å². The largest absolute Gasteiger partial charge is 0.384 e. The van der Waals surface area contributed by atoms with E-state index in [2.05, 4.69) is 31.0 Å². The third-order valence-electron chi connectivity index (χ3n) is 2.68. The maximum absolute atomic E-state index is 12.2. The van der Waals surface area contributed by atoms with E-state index in [-0.39, 0.29) is 18.6 Å². The number of nitrogens with one attached hydrogen (secondary N) is 1. The third kappa shape index (κ3) is 5.15. The first-order valence-corrected chi connectivity index (χ1v) is 6.54. The topological polar surface area (TPSA) is 49.3 Å². The molecule has 19 heavy (non-hydrogen) atoms. The molecule has 0 heterocycles. The van der Waals surface area contributed by atoms with Gasteiger partial charge in [-0.1, -0.05) is 37.8 Å². The Morgan fingerprint density at radius 3 is 2.63 bits per heavy atom. The van der Waals surface area contributed by atoms with E-state index in [1.165, 1.54) is 0 Å². The van der Waals surface area contributed by atoms with Gasteiger partial charge in [-0.15, -0.1) is 0 Å². The van der Waals surface area contributed by atoms with Crippen LogP contribution in [0.1, 0.15) is 43.1 Å². The summed E-state index contributed by atoms with van der Waals surface area (Å²) in [7, 11) is 0. The molecule has 0 saturated carbocycles. The lowest BCUT2D eigenvalue weighted by atomic mass is 10.0. The number of hydrogen-bond acceptors (Lipinski definition) is 2. The van der Waals surface area contributed by atoms with Gasteiger partial charge >= 0.3 is 0 Å². The number of hydrogen-bond donors (Lipinski definition) is 2. The van der Waals surface area contributed by atoms with Crippen molar-refractivity contribution in [3.05, 3.63) is 35.4 Å². The zero-order chi connectivity index (χ0) is 14.3. The van der Waals surface area contributed by atoms with Crippen LogP contribution in [0.25, 0.3) is 0 Å². The van der Waals surface area contributed by atoms with Crippen molar-refractivity contribution in [2.24, 2.45) is 5.92 Å². The van der Waals surface area contributed by atoms with Crippen LogP contribution in [0.5, 0.6) is 0 Å². The summed E-state index contributed by atoms with van der Waals surface area (Å²) < 4.78 is 0. The smallest absolute Gasteiger partial charge is 0.252 e. The van der Waals surface area contributed by atoms with Crippen LogP contribution in [0.15, 0.2) is 24.3 Å². The molecule has 1 rings (SSSR count). The maximum atomic E-state index is 12.2. The second-order valence-corrected chi connectivity index (χ2v) is 5.01. The molecule has 0 aliphatic carbocycles. The van der Waals surface area contributed by atoms with E-state index >= 15 is 0 Å². The summed E-state index contributed by atoms with van der Waals surface area (Å²) >= 11 is 0. The maximum Gasteiger partial charge on any atom is 0.252 e. The highest BCUT2D eigenvalue weighted by Gasteiger charge is 2.13. The highest BCUT2D eigenvalue weighted by Crippen LogP contribution is 2.09. The minimum atomic E-state index is -0.209. The number of aliphatic hydroxyl groups is 1. The van der Waals surface area contributed by atoms with Gasteiger partial charge in [0.05, 0.1) is 5.56 Å². The molecule has 3 nitrogen and oxygen atoms in total. The molecule has 102 valence electrons. The van der Waals surface area contributed by atoms with E-state index in [0.717, 1.165) is 6.42 Å². The first kappa shape index (κ1) is 15.3. The van der Waals surface area contributed by atoms with Gasteiger partial charge in [0, 0.05) is 11.6 Å². The van der Waals surface area contributed by atoms with Gasteiger partial charge < -0.3 is 10.4 Å². The first-order valence-electron chi connectivity index (χ1n) is 6.54. The Balaban J connectivity index is 2.82. The molecule has 0 aliphatic heterocycles. The molecule has 0 aliphatic rings. The van der Waals surface area contributed by atoms with Crippen molar-refractivity contribution >= 4 is 5.91 Å². The van der Waals surface area contributed by atoms with Crippen LogP contribution >= 0.6 is 0 Å². The third-order valence-corrected chi connectivity index (χ3v) is 2.68. The second-order valence-electron chi connectivity index (χ2n) is 5.01. The number of benzene rings is 1. The summed E-state index contributed by atoms with van der Waals surface area (Å²) in [4.78, 5) is 12.2. The van der Waals surface area contributed by atoms with Crippen molar-refractivity contribution in [1.29, 1.82) is 0 Å². The number of carbonyl (C=O) groups is 1. The Labute approximate surface area is 115 Å². The lowest BCUT2D eigenvalue weighted by Gasteiger charge is -2.16. The standard InChI is InChI=1S/C16H21NO2/c1-12(2)11-13(3)17-16(19)15-9-5-4-7-14(15)8-6-10-18/h4-5,7,9,12-13,18H,10-11H2,1-3H3,(H,17,19). The van der Waals surface area contributed by atoms with E-state index in [9.17, 15) is 4.79 Å². The molecule has 0 fully saturated rings. The van der Waals surface area contributed by atoms with Crippen molar-refractivity contribution in [1.82, 2.24) is 5.32 Å². The minimum Gasteiger partial charge on any atom is -0.384 e. The molecule has 0 bridgehead atoms. The minimum absolute atomic E-state index is 0.115. The van der Waals surface area contributed by atoms with E-state index in [1.54, 1.807) is 12.1 Å². The van der Waals surface area contributed by atoms with Gasteiger partial charge in [-0.3, -0.25) is 4.79 Å². The molecule has 0 aromatic heterocycles. The van der Waals surface area contributed by atoms with E-state index < -0.39 is 0 Å². The number of aliphatic hydroxyl groups excluding tert-OH is 1. The van der Waals surface area contributed by atoms with Crippen molar-refractivity contribution in [2.45, 2.75) is 33.2 Å². The lowest BCUT2D eigenvalue weighted by Crippen LogP contribution is -2.33. The van der Waals surface area contributed by atoms with Crippen LogP contribution in [0.2, 0.25) is 0 Å². The lowest BCUT2D eigenvalue weighted by molar-refractivity contribution is 0.0936. The van der Waals surface area contributed by atoms with Gasteiger partial charge in [-0.2, -0.15) is 0 Å². The molecule has 1 unspecified atom stereocenters. The van der Waals surface area contributed by atoms with Gasteiger partial charge in [-0.05, 0) is 31.4 Å². The van der Waals surface area contributed by atoms with E-state index in [0.29, 0.717) is 17.0 Å². The summed E-state index contributed by atoms with van der Waals surface area (Å²) in [5.41, 5.74) is 1.20. The van der Waals surface area contributed by atoms with Crippen molar-refractivity contribution in [3.8, 4) is 11.8 Å². The Bertz CT molecular complexity index is 483. The Hall–Kier alpha value is -1.79. The molecule has 1 amide bonds. The Kier molecular flexibility index (Phi) is 6.11. The van der Waals surface area contributed by atoms with Crippen LogP contribution in [0, 0.1) is 17.8 Å². The molecule has 2 N–H and O–H groups in total. The second kappa shape index (κ2) is 7.60. The molecular formula is C16H21NO2. The number of carbonyl (C=O) groups excluding carboxylic acids is 1. The SMILES string of the molecule is CC(C)CC(C)NC(=O)c1ccccc1C#CCO.